The summed E-state index contributed by atoms with van der Waals surface area (Å²) >= 11 is 0. The van der Waals surface area contributed by atoms with Crippen LogP contribution in [0.5, 0.6) is 0 Å². The first-order valence-electron chi connectivity index (χ1n) is 9.93. The second kappa shape index (κ2) is 7.98. The molecule has 0 spiro atoms. The van der Waals surface area contributed by atoms with Crippen molar-refractivity contribution in [3.8, 4) is 0 Å². The van der Waals surface area contributed by atoms with Crippen molar-refractivity contribution in [2.45, 2.75) is 32.9 Å². The SMILES string of the molecule is CCC(C)[C@H](NC(=O)Cn1c(=O)[nH]c2ccccc2c1=O)c1nc2ccccc2[nH]1. The van der Waals surface area contributed by atoms with Crippen LogP contribution in [0.4, 0.5) is 0 Å². The van der Waals surface area contributed by atoms with Gasteiger partial charge in [-0.25, -0.2) is 9.78 Å². The molecule has 0 aliphatic carbocycles. The van der Waals surface area contributed by atoms with Crippen LogP contribution in [0.2, 0.25) is 0 Å². The molecule has 1 unspecified atom stereocenters. The van der Waals surface area contributed by atoms with Gasteiger partial charge in [-0.3, -0.25) is 14.2 Å². The van der Waals surface area contributed by atoms with E-state index in [2.05, 4.69) is 20.3 Å². The first kappa shape index (κ1) is 19.6. The van der Waals surface area contributed by atoms with Gasteiger partial charge in [0.1, 0.15) is 12.4 Å². The quantitative estimate of drug-likeness (QED) is 0.457. The van der Waals surface area contributed by atoms with E-state index in [0.717, 1.165) is 22.0 Å². The molecule has 4 rings (SSSR count). The van der Waals surface area contributed by atoms with Crippen LogP contribution in [0.1, 0.15) is 32.1 Å². The van der Waals surface area contributed by atoms with E-state index in [1.54, 1.807) is 24.3 Å². The van der Waals surface area contributed by atoms with Crippen LogP contribution < -0.4 is 16.6 Å². The summed E-state index contributed by atoms with van der Waals surface area (Å²) in [6.45, 7) is 3.68. The minimum absolute atomic E-state index is 0.0983. The lowest BCUT2D eigenvalue weighted by atomic mass is 9.98. The van der Waals surface area contributed by atoms with Crippen molar-refractivity contribution in [2.24, 2.45) is 5.92 Å². The molecule has 0 bridgehead atoms. The Labute approximate surface area is 172 Å². The van der Waals surface area contributed by atoms with Gasteiger partial charge in [0.25, 0.3) is 5.56 Å². The molecule has 2 atom stereocenters. The normalized spacial score (nSPS) is 13.4. The number of H-pyrrole nitrogens is 2. The van der Waals surface area contributed by atoms with Crippen molar-refractivity contribution < 1.29 is 4.79 Å². The Morgan fingerprint density at radius 2 is 1.77 bits per heavy atom. The Kier molecular flexibility index (Phi) is 5.22. The van der Waals surface area contributed by atoms with Crippen molar-refractivity contribution in [3.05, 3.63) is 75.2 Å². The monoisotopic (exact) mass is 405 g/mol. The van der Waals surface area contributed by atoms with Crippen molar-refractivity contribution in [3.63, 3.8) is 0 Å². The number of benzene rings is 2. The number of amides is 1. The summed E-state index contributed by atoms with van der Waals surface area (Å²) in [5.41, 5.74) is 1.05. The zero-order chi connectivity index (χ0) is 21.3. The van der Waals surface area contributed by atoms with E-state index in [0.29, 0.717) is 16.7 Å². The van der Waals surface area contributed by atoms with E-state index in [4.69, 9.17) is 0 Å². The highest BCUT2D eigenvalue weighted by molar-refractivity contribution is 5.79. The molecule has 2 aromatic carbocycles. The summed E-state index contributed by atoms with van der Waals surface area (Å²) in [5.74, 6) is 0.323. The lowest BCUT2D eigenvalue weighted by molar-refractivity contribution is -0.123. The second-order valence-corrected chi connectivity index (χ2v) is 7.44. The summed E-state index contributed by atoms with van der Waals surface area (Å²) in [7, 11) is 0. The summed E-state index contributed by atoms with van der Waals surface area (Å²) in [6, 6.07) is 14.0. The number of hydrogen-bond acceptors (Lipinski definition) is 4. The number of nitrogens with zero attached hydrogens (tertiary/aromatic N) is 2. The smallest absolute Gasteiger partial charge is 0.329 e. The first-order chi connectivity index (χ1) is 14.5. The molecule has 0 aliphatic rings. The van der Waals surface area contributed by atoms with Gasteiger partial charge in [-0.2, -0.15) is 0 Å². The number of imidazole rings is 1. The summed E-state index contributed by atoms with van der Waals surface area (Å²) < 4.78 is 0.921. The Morgan fingerprint density at radius 3 is 2.50 bits per heavy atom. The molecule has 30 heavy (non-hydrogen) atoms. The van der Waals surface area contributed by atoms with Crippen LogP contribution in [-0.4, -0.2) is 25.4 Å². The number of nitrogens with one attached hydrogen (secondary N) is 3. The third-order valence-electron chi connectivity index (χ3n) is 5.42. The number of aromatic nitrogens is 4. The molecule has 2 aromatic heterocycles. The van der Waals surface area contributed by atoms with E-state index in [9.17, 15) is 14.4 Å². The standard InChI is InChI=1S/C22H23N5O3/c1-3-13(2)19(20-23-16-10-6-7-11-17(16)24-20)26-18(28)12-27-21(29)14-8-4-5-9-15(14)25-22(27)30/h4-11,13,19H,3,12H2,1-2H3,(H,23,24)(H,25,30)(H,26,28)/t13?,19-/m0/s1. The highest BCUT2D eigenvalue weighted by Gasteiger charge is 2.24. The maximum absolute atomic E-state index is 12.8. The van der Waals surface area contributed by atoms with Crippen LogP contribution in [0, 0.1) is 5.92 Å². The summed E-state index contributed by atoms with van der Waals surface area (Å²) in [5, 5.41) is 3.31. The number of para-hydroxylation sites is 3. The molecule has 4 aromatic rings. The van der Waals surface area contributed by atoms with Crippen molar-refractivity contribution in [1.82, 2.24) is 24.8 Å². The molecule has 8 heteroatoms. The molecule has 1 amide bonds. The van der Waals surface area contributed by atoms with Gasteiger partial charge >= 0.3 is 5.69 Å². The van der Waals surface area contributed by atoms with Crippen molar-refractivity contribution in [1.29, 1.82) is 0 Å². The molecule has 0 saturated carbocycles. The van der Waals surface area contributed by atoms with E-state index >= 15 is 0 Å². The number of carbonyl (C=O) groups is 1. The number of aromatic amines is 2. The molecular formula is C22H23N5O3. The van der Waals surface area contributed by atoms with E-state index in [1.807, 2.05) is 38.1 Å². The van der Waals surface area contributed by atoms with Crippen LogP contribution in [0.15, 0.2) is 58.1 Å². The van der Waals surface area contributed by atoms with Crippen LogP contribution >= 0.6 is 0 Å². The van der Waals surface area contributed by atoms with E-state index in [-0.39, 0.29) is 18.5 Å². The fourth-order valence-electron chi connectivity index (χ4n) is 3.54. The average molecular weight is 405 g/mol. The van der Waals surface area contributed by atoms with Gasteiger partial charge in [-0.1, -0.05) is 44.5 Å². The Morgan fingerprint density at radius 1 is 1.07 bits per heavy atom. The second-order valence-electron chi connectivity index (χ2n) is 7.44. The van der Waals surface area contributed by atoms with E-state index < -0.39 is 17.2 Å². The maximum Gasteiger partial charge on any atom is 0.329 e. The third kappa shape index (κ3) is 3.63. The van der Waals surface area contributed by atoms with Gasteiger partial charge in [0.2, 0.25) is 5.91 Å². The van der Waals surface area contributed by atoms with Crippen LogP contribution in [0.25, 0.3) is 21.9 Å². The third-order valence-corrected chi connectivity index (χ3v) is 5.42. The molecule has 0 radical (unpaired) electrons. The summed E-state index contributed by atoms with van der Waals surface area (Å²) in [4.78, 5) is 48.4. The molecular weight excluding hydrogens is 382 g/mol. The number of fused-ring (bicyclic) bond motifs is 2. The van der Waals surface area contributed by atoms with Gasteiger partial charge in [0, 0.05) is 0 Å². The molecule has 2 heterocycles. The summed E-state index contributed by atoms with van der Waals surface area (Å²) in [6.07, 6.45) is 0.818. The van der Waals surface area contributed by atoms with Gasteiger partial charge in [0.05, 0.1) is 28.0 Å². The topological polar surface area (TPSA) is 113 Å². The van der Waals surface area contributed by atoms with Crippen molar-refractivity contribution in [2.75, 3.05) is 0 Å². The molecule has 3 N–H and O–H groups in total. The predicted octanol–water partition coefficient (Wildman–Crippen LogP) is 2.47. The molecule has 0 fully saturated rings. The minimum atomic E-state index is -0.613. The molecule has 154 valence electrons. The number of hydrogen-bond donors (Lipinski definition) is 3. The average Bonchev–Trinajstić information content (AvgIpc) is 3.18. The highest BCUT2D eigenvalue weighted by atomic mass is 16.2. The van der Waals surface area contributed by atoms with Gasteiger partial charge in [0.15, 0.2) is 0 Å². The molecule has 0 aliphatic heterocycles. The molecule has 0 saturated heterocycles. The van der Waals surface area contributed by atoms with Gasteiger partial charge in [-0.05, 0) is 30.2 Å². The zero-order valence-electron chi connectivity index (χ0n) is 16.8. The van der Waals surface area contributed by atoms with Gasteiger partial charge < -0.3 is 15.3 Å². The van der Waals surface area contributed by atoms with Crippen LogP contribution in [-0.2, 0) is 11.3 Å². The van der Waals surface area contributed by atoms with E-state index in [1.165, 1.54) is 0 Å². The minimum Gasteiger partial charge on any atom is -0.344 e. The Balaban J connectivity index is 1.63. The molecule has 8 nitrogen and oxygen atoms in total. The maximum atomic E-state index is 12.8. The van der Waals surface area contributed by atoms with Crippen LogP contribution in [0.3, 0.4) is 0 Å². The zero-order valence-corrected chi connectivity index (χ0v) is 16.8. The number of rotatable bonds is 6. The largest absolute Gasteiger partial charge is 0.344 e. The Bertz CT molecular complexity index is 1300. The van der Waals surface area contributed by atoms with Gasteiger partial charge in [-0.15, -0.1) is 0 Å². The fraction of sp³-hybridized carbons (Fsp3) is 0.273. The fourth-order valence-corrected chi connectivity index (χ4v) is 3.54. The number of carbonyl (C=O) groups excluding carboxylic acids is 1. The first-order valence-corrected chi connectivity index (χ1v) is 9.93. The highest BCUT2D eigenvalue weighted by Crippen LogP contribution is 2.24. The van der Waals surface area contributed by atoms with Crippen molar-refractivity contribution >= 4 is 27.8 Å². The predicted molar refractivity (Wildman–Crippen MR) is 115 cm³/mol. The Hall–Kier alpha value is -3.68. The lowest BCUT2D eigenvalue weighted by Crippen LogP contribution is -2.42. The lowest BCUT2D eigenvalue weighted by Gasteiger charge is -2.22.